The van der Waals surface area contributed by atoms with E-state index in [1.807, 2.05) is 6.08 Å². The molecule has 0 fully saturated rings. The Morgan fingerprint density at radius 1 is 1.48 bits per heavy atom. The van der Waals surface area contributed by atoms with Gasteiger partial charge in [-0.15, -0.1) is 0 Å². The summed E-state index contributed by atoms with van der Waals surface area (Å²) in [5, 5.41) is 0. The second kappa shape index (κ2) is 6.80. The Morgan fingerprint density at radius 2 is 2.19 bits per heavy atom. The van der Waals surface area contributed by atoms with E-state index < -0.39 is 10.4 Å². The molecule has 0 aromatic heterocycles. The van der Waals surface area contributed by atoms with Gasteiger partial charge in [0.1, 0.15) is 0 Å². The molecule has 1 atom stereocenters. The van der Waals surface area contributed by atoms with Crippen LogP contribution < -0.4 is 0 Å². The van der Waals surface area contributed by atoms with Crippen molar-refractivity contribution in [1.29, 1.82) is 0 Å². The molecule has 0 saturated heterocycles. The lowest BCUT2D eigenvalue weighted by Gasteiger charge is -2.27. The molecule has 0 spiro atoms. The second-order valence-electron chi connectivity index (χ2n) is 5.83. The van der Waals surface area contributed by atoms with Crippen molar-refractivity contribution in [1.82, 2.24) is 0 Å². The van der Waals surface area contributed by atoms with Gasteiger partial charge in [0, 0.05) is 25.1 Å². The van der Waals surface area contributed by atoms with E-state index in [1.54, 1.807) is 7.11 Å². The van der Waals surface area contributed by atoms with Crippen molar-refractivity contribution in [3.05, 3.63) is 46.2 Å². The van der Waals surface area contributed by atoms with Crippen LogP contribution in [0.4, 0.5) is 0 Å². The molecule has 1 aromatic rings. The summed E-state index contributed by atoms with van der Waals surface area (Å²) >= 11 is 0. The highest BCUT2D eigenvalue weighted by Crippen LogP contribution is 2.36. The van der Waals surface area contributed by atoms with Crippen molar-refractivity contribution in [3.63, 3.8) is 0 Å². The predicted octanol–water partition coefficient (Wildman–Crippen LogP) is 3.73. The van der Waals surface area contributed by atoms with Crippen LogP contribution in [0.5, 0.6) is 0 Å². The van der Waals surface area contributed by atoms with E-state index in [-0.39, 0.29) is 5.92 Å². The van der Waals surface area contributed by atoms with Crippen molar-refractivity contribution in [3.8, 4) is 0 Å². The van der Waals surface area contributed by atoms with E-state index in [9.17, 15) is 4.21 Å². The van der Waals surface area contributed by atoms with E-state index in [0.29, 0.717) is 18.9 Å². The summed E-state index contributed by atoms with van der Waals surface area (Å²) in [6.07, 6.45) is 2.75. The fourth-order valence-corrected chi connectivity index (χ4v) is 3.31. The molecule has 0 N–H and O–H groups in total. The number of benzene rings is 1. The lowest BCUT2D eigenvalue weighted by molar-refractivity contribution is 0.184. The van der Waals surface area contributed by atoms with Crippen molar-refractivity contribution in [2.75, 3.05) is 7.11 Å². The molecular weight excluding hydrogens is 281 g/mol. The molecule has 0 bridgehead atoms. The molecule has 1 aliphatic rings. The zero-order valence-corrected chi connectivity index (χ0v) is 13.9. The first-order valence-corrected chi connectivity index (χ1v) is 8.32. The fraction of sp³-hybridized carbons (Fsp3) is 0.500. The van der Waals surface area contributed by atoms with Crippen molar-refractivity contribution in [2.45, 2.75) is 45.6 Å². The summed E-state index contributed by atoms with van der Waals surface area (Å²) in [5.41, 5.74) is 5.94. The summed E-state index contributed by atoms with van der Waals surface area (Å²) in [6, 6.07) is 4.42. The molecule has 2 radical (unpaired) electrons. The maximum Gasteiger partial charge on any atom is 0.0713 e. The van der Waals surface area contributed by atoms with Crippen molar-refractivity contribution in [2.24, 2.45) is 4.36 Å². The SMILES string of the molecule is [B][S-](=O)=NC1=CC(C)c2cc(COC)cc(C(C)C)c2C1. The summed E-state index contributed by atoms with van der Waals surface area (Å²) < 4.78 is 20.5. The average molecular weight is 302 g/mol. The molecule has 1 aromatic carbocycles. The van der Waals surface area contributed by atoms with Gasteiger partial charge in [0.25, 0.3) is 0 Å². The lowest BCUT2D eigenvalue weighted by Crippen LogP contribution is -2.11. The third-order valence-electron chi connectivity index (χ3n) is 3.81. The van der Waals surface area contributed by atoms with E-state index in [0.717, 1.165) is 5.70 Å². The van der Waals surface area contributed by atoms with Gasteiger partial charge < -0.3 is 13.3 Å². The number of methoxy groups -OCH3 is 1. The Hall–Kier alpha value is -1.07. The van der Waals surface area contributed by atoms with E-state index in [4.69, 9.17) is 11.9 Å². The van der Waals surface area contributed by atoms with Gasteiger partial charge in [0.15, 0.2) is 0 Å². The van der Waals surface area contributed by atoms with Crippen LogP contribution in [0, 0.1) is 0 Å². The zero-order chi connectivity index (χ0) is 15.6. The van der Waals surface area contributed by atoms with Gasteiger partial charge in [-0.1, -0.05) is 39.0 Å². The molecule has 2 rings (SSSR count). The third kappa shape index (κ3) is 3.77. The van der Waals surface area contributed by atoms with Gasteiger partial charge >= 0.3 is 0 Å². The van der Waals surface area contributed by atoms with E-state index in [2.05, 4.69) is 37.3 Å². The van der Waals surface area contributed by atoms with Crippen LogP contribution in [0.15, 0.2) is 28.3 Å². The maximum absolute atomic E-state index is 11.2. The maximum atomic E-state index is 11.2. The Labute approximate surface area is 130 Å². The Morgan fingerprint density at radius 3 is 2.76 bits per heavy atom. The second-order valence-corrected chi connectivity index (χ2v) is 6.57. The highest BCUT2D eigenvalue weighted by Gasteiger charge is 2.21. The van der Waals surface area contributed by atoms with Gasteiger partial charge in [-0.25, -0.2) is 10.4 Å². The Kier molecular flexibility index (Phi) is 5.28. The van der Waals surface area contributed by atoms with Gasteiger partial charge in [0.05, 0.1) is 6.61 Å². The molecule has 21 heavy (non-hydrogen) atoms. The van der Waals surface area contributed by atoms with Crippen LogP contribution in [0.25, 0.3) is 0 Å². The minimum atomic E-state index is -1.64. The standard InChI is InChI=1S/C16H21BNO2S/c1-10(2)14-6-12(9-20-4)7-15-11(3)5-13(8-16(14)15)18-21(17)19/h5-7,10-11H,8-9H2,1-4H3/q-1. The zero-order valence-electron chi connectivity index (χ0n) is 13.1. The first kappa shape index (κ1) is 16.3. The van der Waals surface area contributed by atoms with Crippen LogP contribution in [-0.2, 0) is 32.4 Å². The van der Waals surface area contributed by atoms with Gasteiger partial charge in [-0.2, -0.15) is 0 Å². The quantitative estimate of drug-likeness (QED) is 0.628. The summed E-state index contributed by atoms with van der Waals surface area (Å²) in [4.78, 5) is 0. The van der Waals surface area contributed by atoms with Crippen LogP contribution in [0.2, 0.25) is 0 Å². The average Bonchev–Trinajstić information content (AvgIpc) is 2.38. The number of hydrogen-bond acceptors (Lipinski definition) is 4. The molecule has 0 heterocycles. The Balaban J connectivity index is 2.53. The number of hydrogen-bond donors (Lipinski definition) is 0. The molecule has 1 aliphatic carbocycles. The van der Waals surface area contributed by atoms with Crippen LogP contribution >= 0.6 is 0 Å². The molecule has 0 saturated carbocycles. The minimum Gasteiger partial charge on any atom is -0.452 e. The Bertz CT molecular complexity index is 646. The highest BCUT2D eigenvalue weighted by atomic mass is 32.2. The largest absolute Gasteiger partial charge is 0.452 e. The van der Waals surface area contributed by atoms with Gasteiger partial charge in [-0.05, 0) is 35.3 Å². The van der Waals surface area contributed by atoms with Crippen LogP contribution in [0.1, 0.15) is 54.9 Å². The van der Waals surface area contributed by atoms with Crippen molar-refractivity contribution >= 4 is 17.6 Å². The fourth-order valence-electron chi connectivity index (χ4n) is 2.95. The van der Waals surface area contributed by atoms with Crippen LogP contribution in [-0.4, -0.2) is 14.2 Å². The first-order chi connectivity index (χ1) is 9.92. The van der Waals surface area contributed by atoms with E-state index >= 15 is 0 Å². The predicted molar refractivity (Wildman–Crippen MR) is 87.7 cm³/mol. The monoisotopic (exact) mass is 302 g/mol. The summed E-state index contributed by atoms with van der Waals surface area (Å²) in [6.45, 7) is 7.13. The number of ether oxygens (including phenoxy) is 1. The molecule has 0 amide bonds. The number of nitrogens with zero attached hydrogens (tertiary/aromatic N) is 1. The molecule has 5 heteroatoms. The molecular formula is C16H21BNO2S-. The van der Waals surface area contributed by atoms with Gasteiger partial charge in [0.2, 0.25) is 0 Å². The molecule has 3 nitrogen and oxygen atoms in total. The molecule has 1 unspecified atom stereocenters. The first-order valence-electron chi connectivity index (χ1n) is 7.15. The third-order valence-corrected chi connectivity index (χ3v) is 4.22. The van der Waals surface area contributed by atoms with Crippen molar-refractivity contribution < 1.29 is 8.95 Å². The number of rotatable bonds is 4. The lowest BCUT2D eigenvalue weighted by atomic mass is 9.81. The van der Waals surface area contributed by atoms with E-state index in [1.165, 1.54) is 22.3 Å². The van der Waals surface area contributed by atoms with Gasteiger partial charge in [-0.3, -0.25) is 0 Å². The normalized spacial score (nSPS) is 19.5. The molecule has 0 aliphatic heterocycles. The summed E-state index contributed by atoms with van der Waals surface area (Å²) in [5.74, 6) is 0.663. The topological polar surface area (TPSA) is 38.7 Å². The van der Waals surface area contributed by atoms with Crippen LogP contribution in [0.3, 0.4) is 0 Å². The summed E-state index contributed by atoms with van der Waals surface area (Å²) in [7, 11) is 5.37. The number of fused-ring (bicyclic) bond motifs is 1. The molecule has 112 valence electrons. The minimum absolute atomic E-state index is 0.241. The smallest absolute Gasteiger partial charge is 0.0713 e. The highest BCUT2D eigenvalue weighted by molar-refractivity contribution is 7.98. The number of allylic oxidation sites excluding steroid dienone is 2.